The van der Waals surface area contributed by atoms with E-state index >= 15 is 0 Å². The molecule has 1 aromatic rings. The number of halogens is 1. The second-order valence-corrected chi connectivity index (χ2v) is 7.62. The van der Waals surface area contributed by atoms with Crippen LogP contribution < -0.4 is 0 Å². The Kier molecular flexibility index (Phi) is 6.20. The molecule has 0 aliphatic carbocycles. The highest BCUT2D eigenvalue weighted by Gasteiger charge is 2.20. The smallest absolute Gasteiger partial charge is 0.106 e. The minimum atomic E-state index is 0.101. The van der Waals surface area contributed by atoms with Crippen LogP contribution in [0.1, 0.15) is 44.9 Å². The number of ether oxygens (including phenoxy) is 1. The third kappa shape index (κ3) is 5.35. The Morgan fingerprint density at radius 2 is 1.90 bits per heavy atom. The molecule has 0 radical (unpaired) electrons. The number of morpholine rings is 1. The van der Waals surface area contributed by atoms with Crippen molar-refractivity contribution in [2.45, 2.75) is 45.4 Å². The molecule has 4 heteroatoms. The van der Waals surface area contributed by atoms with E-state index < -0.39 is 0 Å². The lowest BCUT2D eigenvalue weighted by Crippen LogP contribution is -2.36. The first-order valence-electron chi connectivity index (χ1n) is 7.93. The summed E-state index contributed by atoms with van der Waals surface area (Å²) in [5.74, 6) is 0. The van der Waals surface area contributed by atoms with Crippen LogP contribution in [-0.2, 0) is 16.6 Å². The van der Waals surface area contributed by atoms with Crippen molar-refractivity contribution in [3.8, 4) is 0 Å². The number of rotatable bonds is 5. The van der Waals surface area contributed by atoms with Gasteiger partial charge in [0.25, 0.3) is 0 Å². The normalized spacial score (nSPS) is 17.1. The first kappa shape index (κ1) is 16.9. The molecule has 0 bridgehead atoms. The zero-order valence-corrected chi connectivity index (χ0v) is 15.1. The summed E-state index contributed by atoms with van der Waals surface area (Å²) in [6.45, 7) is 11.9. The molecule has 0 spiro atoms. The van der Waals surface area contributed by atoms with E-state index in [-0.39, 0.29) is 5.41 Å². The Bertz CT molecular complexity index is 451. The molecule has 0 saturated carbocycles. The highest BCUT2D eigenvalue weighted by Crippen LogP contribution is 2.26. The molecule has 0 N–H and O–H groups in total. The van der Waals surface area contributed by atoms with Crippen LogP contribution in [0, 0.1) is 0 Å². The van der Waals surface area contributed by atoms with E-state index in [1.165, 1.54) is 30.6 Å². The van der Waals surface area contributed by atoms with Gasteiger partial charge in [-0.2, -0.15) is 0 Å². The third-order valence-electron chi connectivity index (χ3n) is 3.93. The zero-order chi connectivity index (χ0) is 15.3. The SMILES string of the molecule is CC(C)(C)c1nc(Br)ccc1CCCCN1CCOCC1. The quantitative estimate of drug-likeness (QED) is 0.594. The van der Waals surface area contributed by atoms with Crippen LogP contribution in [0.3, 0.4) is 0 Å². The van der Waals surface area contributed by atoms with Crippen molar-refractivity contribution in [2.75, 3.05) is 32.8 Å². The minimum absolute atomic E-state index is 0.101. The molecule has 1 saturated heterocycles. The predicted octanol–water partition coefficient (Wildman–Crippen LogP) is 3.80. The Labute approximate surface area is 137 Å². The fraction of sp³-hybridized carbons (Fsp3) is 0.706. The molecule has 2 heterocycles. The van der Waals surface area contributed by atoms with Gasteiger partial charge < -0.3 is 4.74 Å². The molecule has 0 aromatic carbocycles. The first-order chi connectivity index (χ1) is 9.97. The van der Waals surface area contributed by atoms with E-state index in [0.29, 0.717) is 0 Å². The van der Waals surface area contributed by atoms with Gasteiger partial charge in [-0.25, -0.2) is 4.98 Å². The van der Waals surface area contributed by atoms with Crippen LogP contribution >= 0.6 is 15.9 Å². The van der Waals surface area contributed by atoms with Gasteiger partial charge in [-0.1, -0.05) is 26.8 Å². The van der Waals surface area contributed by atoms with Crippen molar-refractivity contribution in [3.05, 3.63) is 28.0 Å². The Morgan fingerprint density at radius 1 is 1.19 bits per heavy atom. The zero-order valence-electron chi connectivity index (χ0n) is 13.5. The summed E-state index contributed by atoms with van der Waals surface area (Å²) < 4.78 is 6.32. The minimum Gasteiger partial charge on any atom is -0.379 e. The van der Waals surface area contributed by atoms with Gasteiger partial charge in [0.1, 0.15) is 4.60 Å². The van der Waals surface area contributed by atoms with Crippen LogP contribution in [0.2, 0.25) is 0 Å². The molecule has 1 fully saturated rings. The van der Waals surface area contributed by atoms with Crippen LogP contribution in [0.4, 0.5) is 0 Å². The van der Waals surface area contributed by atoms with E-state index in [4.69, 9.17) is 9.72 Å². The van der Waals surface area contributed by atoms with Gasteiger partial charge in [0.2, 0.25) is 0 Å². The highest BCUT2D eigenvalue weighted by atomic mass is 79.9. The maximum absolute atomic E-state index is 5.39. The van der Waals surface area contributed by atoms with Gasteiger partial charge >= 0.3 is 0 Å². The van der Waals surface area contributed by atoms with E-state index in [2.05, 4.69) is 53.7 Å². The second kappa shape index (κ2) is 7.70. The van der Waals surface area contributed by atoms with Crippen molar-refractivity contribution in [3.63, 3.8) is 0 Å². The summed E-state index contributed by atoms with van der Waals surface area (Å²) >= 11 is 3.49. The maximum Gasteiger partial charge on any atom is 0.106 e. The molecule has 118 valence electrons. The molecule has 1 aromatic heterocycles. The summed E-state index contributed by atoms with van der Waals surface area (Å²) in [6.07, 6.45) is 3.60. The Hall–Kier alpha value is -0.450. The largest absolute Gasteiger partial charge is 0.379 e. The predicted molar refractivity (Wildman–Crippen MR) is 90.8 cm³/mol. The number of pyridine rings is 1. The topological polar surface area (TPSA) is 25.4 Å². The van der Waals surface area contributed by atoms with E-state index in [1.54, 1.807) is 0 Å². The molecule has 1 aliphatic rings. The van der Waals surface area contributed by atoms with Crippen molar-refractivity contribution >= 4 is 15.9 Å². The molecular weight excluding hydrogens is 328 g/mol. The monoisotopic (exact) mass is 354 g/mol. The lowest BCUT2D eigenvalue weighted by molar-refractivity contribution is 0.0372. The van der Waals surface area contributed by atoms with E-state index in [1.807, 2.05) is 0 Å². The first-order valence-corrected chi connectivity index (χ1v) is 8.72. The molecule has 1 aliphatic heterocycles. The van der Waals surface area contributed by atoms with Crippen LogP contribution in [0.15, 0.2) is 16.7 Å². The molecule has 3 nitrogen and oxygen atoms in total. The Morgan fingerprint density at radius 3 is 2.57 bits per heavy atom. The van der Waals surface area contributed by atoms with E-state index in [0.717, 1.165) is 37.3 Å². The average Bonchev–Trinajstić information content (AvgIpc) is 2.45. The van der Waals surface area contributed by atoms with Gasteiger partial charge in [0.05, 0.1) is 18.9 Å². The van der Waals surface area contributed by atoms with Gasteiger partial charge in [-0.05, 0) is 53.4 Å². The fourth-order valence-electron chi connectivity index (χ4n) is 2.79. The lowest BCUT2D eigenvalue weighted by atomic mass is 9.87. The molecular formula is C17H27BrN2O. The molecule has 0 unspecified atom stereocenters. The van der Waals surface area contributed by atoms with Crippen molar-refractivity contribution in [1.82, 2.24) is 9.88 Å². The fourth-order valence-corrected chi connectivity index (χ4v) is 3.10. The number of unbranched alkanes of at least 4 members (excludes halogenated alkanes) is 1. The third-order valence-corrected chi connectivity index (χ3v) is 4.37. The van der Waals surface area contributed by atoms with Crippen LogP contribution in [0.5, 0.6) is 0 Å². The molecule has 2 rings (SSSR count). The summed E-state index contributed by atoms with van der Waals surface area (Å²) in [6, 6.07) is 4.29. The number of hydrogen-bond donors (Lipinski definition) is 0. The summed E-state index contributed by atoms with van der Waals surface area (Å²) in [7, 11) is 0. The number of hydrogen-bond acceptors (Lipinski definition) is 3. The average molecular weight is 355 g/mol. The van der Waals surface area contributed by atoms with Crippen molar-refractivity contribution in [2.24, 2.45) is 0 Å². The molecule has 0 atom stereocenters. The van der Waals surface area contributed by atoms with Crippen molar-refractivity contribution < 1.29 is 4.74 Å². The molecule has 21 heavy (non-hydrogen) atoms. The Balaban J connectivity index is 1.85. The van der Waals surface area contributed by atoms with Crippen LogP contribution in [-0.4, -0.2) is 42.7 Å². The van der Waals surface area contributed by atoms with Gasteiger partial charge in [-0.15, -0.1) is 0 Å². The van der Waals surface area contributed by atoms with Crippen LogP contribution in [0.25, 0.3) is 0 Å². The highest BCUT2D eigenvalue weighted by molar-refractivity contribution is 9.10. The standard InChI is InChI=1S/C17H27BrN2O/c1-17(2,3)16-14(7-8-15(18)19-16)6-4-5-9-20-10-12-21-13-11-20/h7-8H,4-6,9-13H2,1-3H3. The summed E-state index contributed by atoms with van der Waals surface area (Å²) in [4.78, 5) is 7.21. The maximum atomic E-state index is 5.39. The van der Waals surface area contributed by atoms with Gasteiger partial charge in [0.15, 0.2) is 0 Å². The number of nitrogens with zero attached hydrogens (tertiary/aromatic N) is 2. The lowest BCUT2D eigenvalue weighted by Gasteiger charge is -2.26. The summed E-state index contributed by atoms with van der Waals surface area (Å²) in [5.41, 5.74) is 2.72. The van der Waals surface area contributed by atoms with Gasteiger partial charge in [-0.3, -0.25) is 4.90 Å². The van der Waals surface area contributed by atoms with Gasteiger partial charge in [0, 0.05) is 18.5 Å². The van der Waals surface area contributed by atoms with Crippen molar-refractivity contribution in [1.29, 1.82) is 0 Å². The summed E-state index contributed by atoms with van der Waals surface area (Å²) in [5, 5.41) is 0. The van der Waals surface area contributed by atoms with E-state index in [9.17, 15) is 0 Å². The number of aromatic nitrogens is 1. The molecule has 0 amide bonds. The number of aryl methyl sites for hydroxylation is 1. The second-order valence-electron chi connectivity index (χ2n) is 6.80.